The van der Waals surface area contributed by atoms with E-state index in [1.165, 1.54) is 0 Å². The first-order valence-corrected chi connectivity index (χ1v) is 9.35. The van der Waals surface area contributed by atoms with Gasteiger partial charge in [-0.15, -0.1) is 0 Å². The maximum atomic E-state index is 10.8. The molecule has 0 spiro atoms. The van der Waals surface area contributed by atoms with E-state index in [0.717, 1.165) is 0 Å². The molecule has 2 fully saturated rings. The van der Waals surface area contributed by atoms with Crippen LogP contribution in [0.4, 0.5) is 0 Å². The summed E-state index contributed by atoms with van der Waals surface area (Å²) >= 11 is 0. The summed E-state index contributed by atoms with van der Waals surface area (Å²) in [5.41, 5.74) is 0. The van der Waals surface area contributed by atoms with Crippen LogP contribution >= 0.6 is 7.82 Å². The van der Waals surface area contributed by atoms with Crippen LogP contribution in [0.2, 0.25) is 0 Å². The van der Waals surface area contributed by atoms with E-state index >= 15 is 0 Å². The van der Waals surface area contributed by atoms with E-state index in [1.807, 2.05) is 0 Å². The fraction of sp³-hybridized carbons (Fsp3) is 1.00. The van der Waals surface area contributed by atoms with Crippen molar-refractivity contribution >= 4 is 7.82 Å². The van der Waals surface area contributed by atoms with E-state index in [9.17, 15) is 35.2 Å². The average Bonchev–Trinajstić information content (AvgIpc) is 2.60. The first-order chi connectivity index (χ1) is 12.5. The third-order valence-electron chi connectivity index (χ3n) is 4.19. The van der Waals surface area contributed by atoms with Crippen LogP contribution in [0, 0.1) is 0 Å². The van der Waals surface area contributed by atoms with Crippen molar-refractivity contribution in [3.63, 3.8) is 0 Å². The zero-order chi connectivity index (χ0) is 20.5. The topological polar surface area (TPSA) is 236 Å². The molecular formula is C12H23O14P. The van der Waals surface area contributed by atoms with E-state index < -0.39 is 82.4 Å². The van der Waals surface area contributed by atoms with Crippen molar-refractivity contribution in [2.45, 2.75) is 61.4 Å². The molecule has 2 heterocycles. The molecule has 0 bridgehead atoms. The summed E-state index contributed by atoms with van der Waals surface area (Å²) in [5.74, 6) is 0. The summed E-state index contributed by atoms with van der Waals surface area (Å²) in [6, 6.07) is 0. The van der Waals surface area contributed by atoms with E-state index in [1.54, 1.807) is 0 Å². The van der Waals surface area contributed by atoms with Gasteiger partial charge >= 0.3 is 7.82 Å². The van der Waals surface area contributed by atoms with Gasteiger partial charge in [0.05, 0.1) is 13.2 Å². The standard InChI is InChI=1S/C12H23O14P/c13-1-3-5(14)7(16)9(18)11(24-3)26-12-10(19)8(17)6(15)4(25-12)2-23-27(20,21)22/h3-19H,1-2H2,(H2,20,21,22). The summed E-state index contributed by atoms with van der Waals surface area (Å²) < 4.78 is 30.3. The second-order valence-electron chi connectivity index (χ2n) is 6.13. The minimum absolute atomic E-state index is 0.737. The maximum absolute atomic E-state index is 10.8. The number of aliphatic hydroxyl groups excluding tert-OH is 7. The van der Waals surface area contributed by atoms with Crippen molar-refractivity contribution in [3.8, 4) is 0 Å². The highest BCUT2D eigenvalue weighted by Crippen LogP contribution is 2.37. The van der Waals surface area contributed by atoms with Gasteiger partial charge in [-0.1, -0.05) is 0 Å². The smallest absolute Gasteiger partial charge is 0.394 e. The maximum Gasteiger partial charge on any atom is 0.469 e. The van der Waals surface area contributed by atoms with Gasteiger partial charge in [-0.05, 0) is 0 Å². The van der Waals surface area contributed by atoms with Gasteiger partial charge in [-0.2, -0.15) is 0 Å². The Labute approximate surface area is 152 Å². The Kier molecular flexibility index (Phi) is 7.68. The normalized spacial score (nSPS) is 46.4. The zero-order valence-electron chi connectivity index (χ0n) is 13.7. The SMILES string of the molecule is O=P(O)(O)OCC1OC(OC2OC(CO)C(O)C(O)C2O)C(O)C(O)C1O. The van der Waals surface area contributed by atoms with Crippen LogP contribution in [0.25, 0.3) is 0 Å². The van der Waals surface area contributed by atoms with Crippen molar-refractivity contribution in [1.29, 1.82) is 0 Å². The summed E-state index contributed by atoms with van der Waals surface area (Å²) in [5, 5.41) is 68.1. The molecule has 160 valence electrons. The molecule has 14 nitrogen and oxygen atoms in total. The lowest BCUT2D eigenvalue weighted by Crippen LogP contribution is -2.63. The number of rotatable bonds is 6. The predicted octanol–water partition coefficient (Wildman–Crippen LogP) is -5.28. The summed E-state index contributed by atoms with van der Waals surface area (Å²) in [6.45, 7) is -1.61. The van der Waals surface area contributed by atoms with E-state index in [2.05, 4.69) is 4.52 Å². The second-order valence-corrected chi connectivity index (χ2v) is 7.37. The Morgan fingerprint density at radius 1 is 0.741 bits per heavy atom. The molecule has 2 aliphatic rings. The van der Waals surface area contributed by atoms with Crippen molar-refractivity contribution < 1.29 is 68.8 Å². The molecule has 2 rings (SSSR count). The van der Waals surface area contributed by atoms with E-state index in [4.69, 9.17) is 29.1 Å². The first-order valence-electron chi connectivity index (χ1n) is 7.82. The van der Waals surface area contributed by atoms with Gasteiger partial charge in [-0.3, -0.25) is 4.52 Å². The molecule has 0 aliphatic carbocycles. The summed E-state index contributed by atoms with van der Waals surface area (Å²) in [7, 11) is -4.92. The van der Waals surface area contributed by atoms with Gasteiger partial charge in [0.1, 0.15) is 48.8 Å². The van der Waals surface area contributed by atoms with Crippen LogP contribution in [0.5, 0.6) is 0 Å². The van der Waals surface area contributed by atoms with Gasteiger partial charge in [0, 0.05) is 0 Å². The van der Waals surface area contributed by atoms with Crippen molar-refractivity contribution in [1.82, 2.24) is 0 Å². The van der Waals surface area contributed by atoms with Crippen LogP contribution in [0.3, 0.4) is 0 Å². The molecule has 10 unspecified atom stereocenters. The van der Waals surface area contributed by atoms with E-state index in [-0.39, 0.29) is 0 Å². The molecule has 2 saturated heterocycles. The third-order valence-corrected chi connectivity index (χ3v) is 4.68. The number of hydrogen-bond acceptors (Lipinski definition) is 12. The molecule has 0 saturated carbocycles. The molecule has 0 radical (unpaired) electrons. The Hall–Kier alpha value is -0.290. The van der Waals surface area contributed by atoms with Crippen molar-refractivity contribution in [2.75, 3.05) is 13.2 Å². The molecule has 10 atom stereocenters. The lowest BCUT2D eigenvalue weighted by atomic mass is 9.98. The number of aliphatic hydroxyl groups is 7. The Morgan fingerprint density at radius 2 is 1.19 bits per heavy atom. The Balaban J connectivity index is 2.08. The van der Waals surface area contributed by atoms with Crippen molar-refractivity contribution in [3.05, 3.63) is 0 Å². The monoisotopic (exact) mass is 422 g/mol. The molecule has 9 N–H and O–H groups in total. The Bertz CT molecular complexity index is 526. The summed E-state index contributed by atoms with van der Waals surface area (Å²) in [6.07, 6.45) is -17.1. The number of phosphoric ester groups is 1. The highest BCUT2D eigenvalue weighted by molar-refractivity contribution is 7.46. The number of ether oxygens (including phenoxy) is 3. The molecular weight excluding hydrogens is 399 g/mol. The zero-order valence-corrected chi connectivity index (χ0v) is 14.6. The lowest BCUT2D eigenvalue weighted by molar-refractivity contribution is -0.376. The minimum atomic E-state index is -4.92. The second kappa shape index (κ2) is 9.02. The molecule has 27 heavy (non-hydrogen) atoms. The van der Waals surface area contributed by atoms with Gasteiger partial charge in [0.15, 0.2) is 12.6 Å². The van der Waals surface area contributed by atoms with Crippen LogP contribution in [-0.4, -0.2) is 120 Å². The summed E-state index contributed by atoms with van der Waals surface area (Å²) in [4.78, 5) is 17.4. The molecule has 0 aromatic carbocycles. The van der Waals surface area contributed by atoms with Crippen LogP contribution in [0.1, 0.15) is 0 Å². The minimum Gasteiger partial charge on any atom is -0.394 e. The predicted molar refractivity (Wildman–Crippen MR) is 79.5 cm³/mol. The molecule has 15 heteroatoms. The van der Waals surface area contributed by atoms with Crippen LogP contribution < -0.4 is 0 Å². The fourth-order valence-electron chi connectivity index (χ4n) is 2.65. The quantitative estimate of drug-likeness (QED) is 0.182. The van der Waals surface area contributed by atoms with Gasteiger partial charge in [0.2, 0.25) is 0 Å². The van der Waals surface area contributed by atoms with E-state index in [0.29, 0.717) is 0 Å². The molecule has 2 aliphatic heterocycles. The van der Waals surface area contributed by atoms with Crippen LogP contribution in [-0.2, 0) is 23.3 Å². The van der Waals surface area contributed by atoms with Crippen molar-refractivity contribution in [2.24, 2.45) is 0 Å². The Morgan fingerprint density at radius 3 is 1.63 bits per heavy atom. The van der Waals surface area contributed by atoms with Gasteiger partial charge < -0.3 is 59.7 Å². The highest BCUT2D eigenvalue weighted by atomic mass is 31.2. The average molecular weight is 422 g/mol. The number of phosphoric acid groups is 1. The number of hydrogen-bond donors (Lipinski definition) is 9. The molecule has 0 aromatic rings. The van der Waals surface area contributed by atoms with Gasteiger partial charge in [0.25, 0.3) is 0 Å². The fourth-order valence-corrected chi connectivity index (χ4v) is 2.99. The van der Waals surface area contributed by atoms with Crippen LogP contribution in [0.15, 0.2) is 0 Å². The third kappa shape index (κ3) is 5.41. The highest BCUT2D eigenvalue weighted by Gasteiger charge is 2.49. The first kappa shape index (κ1) is 23.0. The largest absolute Gasteiger partial charge is 0.469 e. The van der Waals surface area contributed by atoms with Gasteiger partial charge in [-0.25, -0.2) is 4.57 Å². The molecule has 0 aromatic heterocycles. The molecule has 0 amide bonds. The lowest BCUT2D eigenvalue weighted by Gasteiger charge is -2.44.